The van der Waals surface area contributed by atoms with Gasteiger partial charge in [-0.05, 0) is 31.7 Å². The van der Waals surface area contributed by atoms with Crippen LogP contribution in [-0.2, 0) is 7.05 Å². The Balaban J connectivity index is 1.33. The summed E-state index contributed by atoms with van der Waals surface area (Å²) < 4.78 is 43.7. The average molecular weight is 470 g/mol. The van der Waals surface area contributed by atoms with Gasteiger partial charge in [0.1, 0.15) is 18.0 Å². The maximum Gasteiger partial charge on any atom is 0.289 e. The fourth-order valence-corrected chi connectivity index (χ4v) is 4.33. The molecule has 4 aromatic rings. The Morgan fingerprint density at radius 2 is 1.97 bits per heavy atom. The van der Waals surface area contributed by atoms with E-state index in [1.807, 2.05) is 0 Å². The molecule has 3 N–H and O–H groups in total. The molecular formula is C22H21F3N8O. The van der Waals surface area contributed by atoms with Crippen molar-refractivity contribution in [3.05, 3.63) is 54.1 Å². The Morgan fingerprint density at radius 1 is 1.15 bits per heavy atom. The predicted molar refractivity (Wildman–Crippen MR) is 117 cm³/mol. The first-order valence-corrected chi connectivity index (χ1v) is 10.8. The fourth-order valence-electron chi connectivity index (χ4n) is 4.33. The first kappa shape index (κ1) is 21.9. The molecule has 12 heteroatoms. The Morgan fingerprint density at radius 3 is 2.76 bits per heavy atom. The van der Waals surface area contributed by atoms with Crippen molar-refractivity contribution in [2.24, 2.45) is 7.05 Å². The van der Waals surface area contributed by atoms with Crippen LogP contribution < -0.4 is 10.6 Å². The van der Waals surface area contributed by atoms with Gasteiger partial charge in [-0.2, -0.15) is 5.10 Å². The second-order valence-corrected chi connectivity index (χ2v) is 8.29. The lowest BCUT2D eigenvalue weighted by Gasteiger charge is -2.30. The molecule has 9 nitrogen and oxygen atoms in total. The highest BCUT2D eigenvalue weighted by molar-refractivity contribution is 5.94. The number of H-pyrrole nitrogens is 1. The molecule has 2 atom stereocenters. The third kappa shape index (κ3) is 4.18. The Labute approximate surface area is 191 Å². The van der Waals surface area contributed by atoms with E-state index < -0.39 is 17.5 Å². The van der Waals surface area contributed by atoms with Gasteiger partial charge < -0.3 is 15.6 Å². The van der Waals surface area contributed by atoms with E-state index >= 15 is 0 Å². The van der Waals surface area contributed by atoms with Crippen molar-refractivity contribution < 1.29 is 18.0 Å². The molecule has 34 heavy (non-hydrogen) atoms. The van der Waals surface area contributed by atoms with Crippen LogP contribution >= 0.6 is 0 Å². The van der Waals surface area contributed by atoms with Crippen LogP contribution in [0, 0.1) is 17.5 Å². The molecular weight excluding hydrogens is 449 g/mol. The number of hydrogen-bond donors (Lipinski definition) is 3. The van der Waals surface area contributed by atoms with Gasteiger partial charge in [0.05, 0.1) is 11.7 Å². The summed E-state index contributed by atoms with van der Waals surface area (Å²) in [6, 6.07) is 1.69. The largest absolute Gasteiger partial charge is 0.365 e. The number of fused-ring (bicyclic) bond motifs is 1. The molecule has 0 bridgehead atoms. The molecule has 0 unspecified atom stereocenters. The highest BCUT2D eigenvalue weighted by Gasteiger charge is 2.26. The van der Waals surface area contributed by atoms with E-state index in [4.69, 9.17) is 0 Å². The molecule has 0 spiro atoms. The van der Waals surface area contributed by atoms with Crippen LogP contribution in [0.15, 0.2) is 30.9 Å². The van der Waals surface area contributed by atoms with E-state index in [-0.39, 0.29) is 46.4 Å². The van der Waals surface area contributed by atoms with Crippen molar-refractivity contribution in [3.63, 3.8) is 0 Å². The lowest BCUT2D eigenvalue weighted by molar-refractivity contribution is 0.0911. The van der Waals surface area contributed by atoms with E-state index in [0.717, 1.165) is 31.5 Å². The third-order valence-corrected chi connectivity index (χ3v) is 5.96. The molecule has 176 valence electrons. The summed E-state index contributed by atoms with van der Waals surface area (Å²) in [5.41, 5.74) is 0.474. The van der Waals surface area contributed by atoms with Gasteiger partial charge in [-0.25, -0.2) is 32.8 Å². The molecule has 0 aliphatic heterocycles. The fraction of sp³-hybridized carbons (Fsp3) is 0.318. The zero-order valence-corrected chi connectivity index (χ0v) is 18.1. The zero-order chi connectivity index (χ0) is 23.8. The van der Waals surface area contributed by atoms with Crippen molar-refractivity contribution >= 4 is 22.6 Å². The summed E-state index contributed by atoms with van der Waals surface area (Å²) in [4.78, 5) is 27.5. The molecule has 1 amide bonds. The summed E-state index contributed by atoms with van der Waals surface area (Å²) >= 11 is 0. The molecule has 1 saturated carbocycles. The molecule has 3 heterocycles. The van der Waals surface area contributed by atoms with Crippen LogP contribution in [-0.4, -0.2) is 47.7 Å². The molecule has 5 rings (SSSR count). The number of halogens is 3. The molecule has 0 saturated heterocycles. The van der Waals surface area contributed by atoms with Gasteiger partial charge in [-0.15, -0.1) is 0 Å². The van der Waals surface area contributed by atoms with Crippen LogP contribution in [0.4, 0.5) is 19.0 Å². The number of aryl methyl sites for hydroxylation is 1. The minimum Gasteiger partial charge on any atom is -0.365 e. The number of hydrogen-bond acceptors (Lipinski definition) is 6. The Kier molecular flexibility index (Phi) is 5.64. The molecule has 1 aliphatic carbocycles. The number of nitrogens with one attached hydrogen (secondary N) is 3. The monoisotopic (exact) mass is 470 g/mol. The molecule has 1 fully saturated rings. The first-order valence-electron chi connectivity index (χ1n) is 10.8. The summed E-state index contributed by atoms with van der Waals surface area (Å²) in [5.74, 6) is -2.11. The van der Waals surface area contributed by atoms with Crippen LogP contribution in [0.5, 0.6) is 0 Å². The maximum absolute atomic E-state index is 14.5. The van der Waals surface area contributed by atoms with E-state index in [2.05, 4.69) is 35.7 Å². The number of rotatable bonds is 5. The lowest BCUT2D eigenvalue weighted by atomic mass is 9.91. The van der Waals surface area contributed by atoms with Crippen molar-refractivity contribution in [3.8, 4) is 11.4 Å². The topological polar surface area (TPSA) is 113 Å². The summed E-state index contributed by atoms with van der Waals surface area (Å²) in [7, 11) is 1.64. The molecule has 1 aliphatic rings. The van der Waals surface area contributed by atoms with Gasteiger partial charge in [0.2, 0.25) is 5.82 Å². The number of nitrogens with zero attached hydrogens (tertiary/aromatic N) is 5. The normalized spacial score (nSPS) is 18.2. The Bertz CT molecular complexity index is 1370. The van der Waals surface area contributed by atoms with Crippen LogP contribution in [0.3, 0.4) is 0 Å². The van der Waals surface area contributed by atoms with E-state index in [1.165, 1.54) is 23.3 Å². The van der Waals surface area contributed by atoms with Crippen molar-refractivity contribution in [2.45, 2.75) is 37.8 Å². The summed E-state index contributed by atoms with van der Waals surface area (Å²) in [5, 5.41) is 10.2. The van der Waals surface area contributed by atoms with Gasteiger partial charge in [0.25, 0.3) is 5.91 Å². The molecule has 1 aromatic carbocycles. The number of anilines is 1. The minimum absolute atomic E-state index is 0.0125. The second-order valence-electron chi connectivity index (χ2n) is 8.29. The van der Waals surface area contributed by atoms with Crippen LogP contribution in [0.1, 0.15) is 36.3 Å². The number of aromatic amines is 1. The third-order valence-electron chi connectivity index (χ3n) is 5.96. The van der Waals surface area contributed by atoms with Gasteiger partial charge in [-0.3, -0.25) is 4.79 Å². The molecule has 0 radical (unpaired) electrons. The summed E-state index contributed by atoms with van der Waals surface area (Å²) in [6.07, 6.45) is 6.72. The van der Waals surface area contributed by atoms with Gasteiger partial charge in [-0.1, -0.05) is 0 Å². The second kappa shape index (κ2) is 8.76. The number of amides is 1. The highest BCUT2D eigenvalue weighted by Crippen LogP contribution is 2.30. The van der Waals surface area contributed by atoms with Crippen molar-refractivity contribution in [1.82, 2.24) is 35.0 Å². The van der Waals surface area contributed by atoms with Crippen molar-refractivity contribution in [2.75, 3.05) is 5.32 Å². The Hall–Kier alpha value is -3.96. The first-order chi connectivity index (χ1) is 16.4. The maximum atomic E-state index is 14.5. The van der Waals surface area contributed by atoms with Crippen LogP contribution in [0.25, 0.3) is 22.3 Å². The summed E-state index contributed by atoms with van der Waals surface area (Å²) in [6.45, 7) is 0. The number of carbonyl (C=O) groups is 1. The molecule has 3 aromatic heterocycles. The SMILES string of the molecule is Cn1ncnc1C(=O)N[C@@H]1CCC[C@H](Nc2nc(-c3c[nH]c4c(F)cc(F)cc34)ncc2F)C1. The average Bonchev–Trinajstić information content (AvgIpc) is 3.42. The van der Waals surface area contributed by atoms with E-state index in [1.54, 1.807) is 7.05 Å². The zero-order valence-electron chi connectivity index (χ0n) is 18.1. The minimum atomic E-state index is -0.738. The smallest absolute Gasteiger partial charge is 0.289 e. The number of benzene rings is 1. The van der Waals surface area contributed by atoms with E-state index in [9.17, 15) is 18.0 Å². The number of aromatic nitrogens is 6. The predicted octanol–water partition coefficient (Wildman–Crippen LogP) is 3.32. The number of carbonyl (C=O) groups excluding carboxylic acids is 1. The van der Waals surface area contributed by atoms with Gasteiger partial charge in [0, 0.05) is 42.3 Å². The van der Waals surface area contributed by atoms with Gasteiger partial charge >= 0.3 is 0 Å². The standard InChI is InChI=1S/C22H21F3N8O/c1-33-21(28-10-29-33)22(34)31-13-4-2-3-12(7-13)30-20-17(25)9-27-19(32-20)15-8-26-18-14(15)5-11(23)6-16(18)24/h5-6,8-10,12-13,26H,2-4,7H2,1H3,(H,31,34)(H,27,30,32)/t12-,13+/m0/s1. The lowest BCUT2D eigenvalue weighted by Crippen LogP contribution is -2.42. The van der Waals surface area contributed by atoms with Crippen LogP contribution in [0.2, 0.25) is 0 Å². The van der Waals surface area contributed by atoms with Gasteiger partial charge in [0.15, 0.2) is 17.5 Å². The van der Waals surface area contributed by atoms with E-state index in [0.29, 0.717) is 12.0 Å². The highest BCUT2D eigenvalue weighted by atomic mass is 19.1. The van der Waals surface area contributed by atoms with Crippen molar-refractivity contribution in [1.29, 1.82) is 0 Å². The quantitative estimate of drug-likeness (QED) is 0.412.